The maximum absolute atomic E-state index is 13.0. The van der Waals surface area contributed by atoms with E-state index in [1.807, 2.05) is 24.3 Å². The van der Waals surface area contributed by atoms with Gasteiger partial charge in [-0.2, -0.15) is 4.98 Å². The average Bonchev–Trinajstić information content (AvgIpc) is 3.13. The quantitative estimate of drug-likeness (QED) is 0.244. The van der Waals surface area contributed by atoms with Gasteiger partial charge in [0.15, 0.2) is 5.82 Å². The molecule has 0 spiro atoms. The fraction of sp³-hybridized carbons (Fsp3) is 0.609. The van der Waals surface area contributed by atoms with Crippen LogP contribution < -0.4 is 4.74 Å². The third kappa shape index (κ3) is 8.40. The molecule has 0 fully saturated rings. The van der Waals surface area contributed by atoms with Crippen LogP contribution in [-0.2, 0) is 31.5 Å². The van der Waals surface area contributed by atoms with Crippen molar-refractivity contribution in [1.82, 2.24) is 10.1 Å². The summed E-state index contributed by atoms with van der Waals surface area (Å²) in [6, 6.07) is 7.74. The molecule has 0 N–H and O–H groups in total. The lowest BCUT2D eigenvalue weighted by atomic mass is 10.1. The average molecular weight is 467 g/mol. The van der Waals surface area contributed by atoms with Crippen LogP contribution in [0.1, 0.15) is 64.7 Å². The minimum Gasteiger partial charge on any atom is -0.494 e. The van der Waals surface area contributed by atoms with Crippen molar-refractivity contribution in [1.29, 1.82) is 0 Å². The Morgan fingerprint density at radius 1 is 1.19 bits per heavy atom. The van der Waals surface area contributed by atoms with Crippen LogP contribution >= 0.6 is 7.37 Å². The van der Waals surface area contributed by atoms with Crippen molar-refractivity contribution in [2.24, 2.45) is 0 Å². The number of carbonyl (C=O) groups is 1. The molecule has 8 nitrogen and oxygen atoms in total. The van der Waals surface area contributed by atoms with Gasteiger partial charge in [-0.05, 0) is 51.8 Å². The molecule has 0 bridgehead atoms. The molecule has 0 saturated carbocycles. The van der Waals surface area contributed by atoms with E-state index in [1.54, 1.807) is 27.7 Å². The van der Waals surface area contributed by atoms with Crippen molar-refractivity contribution in [3.8, 4) is 5.75 Å². The number of nitrogens with zero attached hydrogens (tertiary/aromatic N) is 2. The van der Waals surface area contributed by atoms with Gasteiger partial charge in [-0.3, -0.25) is 9.36 Å². The van der Waals surface area contributed by atoms with E-state index in [0.717, 1.165) is 24.2 Å². The topological polar surface area (TPSA) is 101 Å². The number of ether oxygens (including phenoxy) is 2. The maximum atomic E-state index is 13.0. The zero-order chi connectivity index (χ0) is 23.8. The van der Waals surface area contributed by atoms with Gasteiger partial charge in [0.1, 0.15) is 17.0 Å². The highest BCUT2D eigenvalue weighted by atomic mass is 31.2. The van der Waals surface area contributed by atoms with E-state index in [-0.39, 0.29) is 18.9 Å². The molecule has 0 radical (unpaired) electrons. The lowest BCUT2D eigenvalue weighted by Gasteiger charge is -2.26. The van der Waals surface area contributed by atoms with Crippen molar-refractivity contribution in [3.63, 3.8) is 0 Å². The summed E-state index contributed by atoms with van der Waals surface area (Å²) in [5.41, 5.74) is -0.734. The highest BCUT2D eigenvalue weighted by Crippen LogP contribution is 2.50. The minimum absolute atomic E-state index is 0.0140. The molecular weight excluding hydrogens is 431 g/mol. The first-order valence-corrected chi connectivity index (χ1v) is 13.2. The van der Waals surface area contributed by atoms with Crippen LogP contribution in [0.3, 0.4) is 0 Å². The highest BCUT2D eigenvalue weighted by molar-refractivity contribution is 7.60. The fourth-order valence-corrected chi connectivity index (χ4v) is 4.60. The summed E-state index contributed by atoms with van der Waals surface area (Å²) in [5, 5.41) is 4.01. The summed E-state index contributed by atoms with van der Waals surface area (Å²) < 4.78 is 34.9. The molecule has 0 aliphatic carbocycles. The molecule has 2 rings (SSSR count). The zero-order valence-electron chi connectivity index (χ0n) is 19.9. The second kappa shape index (κ2) is 11.6. The van der Waals surface area contributed by atoms with Crippen LogP contribution in [0.15, 0.2) is 28.8 Å². The first-order valence-electron chi connectivity index (χ1n) is 11.0. The number of benzene rings is 1. The number of unbranched alkanes of at least 4 members (excludes halogenated alkanes) is 1. The summed E-state index contributed by atoms with van der Waals surface area (Å²) in [7, 11) is -3.30. The van der Waals surface area contributed by atoms with E-state index in [1.165, 1.54) is 6.66 Å². The van der Waals surface area contributed by atoms with Gasteiger partial charge in [0.2, 0.25) is 13.3 Å². The first kappa shape index (κ1) is 26.1. The number of hydrogen-bond acceptors (Lipinski definition) is 8. The SMILES string of the molecule is CCCCOc1ccc(Cc2noc(CC(C(=O)OC(C)(C)C)P(C)(=O)OCC)n2)cc1. The Balaban J connectivity index is 2.08. The maximum Gasteiger partial charge on any atom is 0.319 e. The summed E-state index contributed by atoms with van der Waals surface area (Å²) in [6.07, 6.45) is 2.56. The normalized spacial score (nSPS) is 14.6. The lowest BCUT2D eigenvalue weighted by Crippen LogP contribution is -2.33. The molecule has 178 valence electrons. The van der Waals surface area contributed by atoms with E-state index in [0.29, 0.717) is 18.9 Å². The second-order valence-electron chi connectivity index (χ2n) is 8.71. The van der Waals surface area contributed by atoms with Gasteiger partial charge in [0.05, 0.1) is 13.2 Å². The number of rotatable bonds is 12. The van der Waals surface area contributed by atoms with Gasteiger partial charge < -0.3 is 18.5 Å². The highest BCUT2D eigenvalue weighted by Gasteiger charge is 2.40. The van der Waals surface area contributed by atoms with Crippen LogP contribution in [0.4, 0.5) is 0 Å². The Morgan fingerprint density at radius 2 is 1.88 bits per heavy atom. The molecule has 2 unspecified atom stereocenters. The number of aromatic nitrogens is 2. The Hall–Kier alpha value is -2.18. The summed E-state index contributed by atoms with van der Waals surface area (Å²) in [4.78, 5) is 17.1. The molecule has 9 heteroatoms. The molecule has 1 aromatic carbocycles. The van der Waals surface area contributed by atoms with E-state index in [4.69, 9.17) is 18.5 Å². The number of hydrogen-bond donors (Lipinski definition) is 0. The monoisotopic (exact) mass is 466 g/mol. The molecule has 1 aromatic heterocycles. The Labute approximate surface area is 190 Å². The minimum atomic E-state index is -3.30. The third-order valence-corrected chi connectivity index (χ3v) is 6.86. The van der Waals surface area contributed by atoms with Crippen LogP contribution in [0, 0.1) is 0 Å². The van der Waals surface area contributed by atoms with Crippen LogP contribution in [0.5, 0.6) is 5.75 Å². The predicted molar refractivity (Wildman–Crippen MR) is 122 cm³/mol. The molecule has 2 atom stereocenters. The summed E-state index contributed by atoms with van der Waals surface area (Å²) >= 11 is 0. The molecule has 32 heavy (non-hydrogen) atoms. The van der Waals surface area contributed by atoms with Crippen molar-refractivity contribution < 1.29 is 27.9 Å². The summed E-state index contributed by atoms with van der Waals surface area (Å²) in [5.74, 6) is 0.920. The molecule has 0 aliphatic heterocycles. The standard InChI is InChI=1S/C23H35N2O6P/c1-7-9-14-28-18-12-10-17(11-13-18)15-20-24-21(31-25-20)16-19(32(6,27)29-8-2)22(26)30-23(3,4)5/h10-13,19H,7-9,14-16H2,1-6H3. The number of carbonyl (C=O) groups excluding carboxylic acids is 1. The lowest BCUT2D eigenvalue weighted by molar-refractivity contribution is -0.154. The fourth-order valence-electron chi connectivity index (χ4n) is 2.99. The Morgan fingerprint density at radius 3 is 2.47 bits per heavy atom. The molecule has 2 aromatic rings. The third-order valence-electron chi connectivity index (χ3n) is 4.56. The molecule has 0 aliphatic rings. The van der Waals surface area contributed by atoms with E-state index in [2.05, 4.69) is 17.1 Å². The largest absolute Gasteiger partial charge is 0.494 e. The van der Waals surface area contributed by atoms with Crippen LogP contribution in [-0.4, -0.2) is 47.2 Å². The smallest absolute Gasteiger partial charge is 0.319 e. The molecular formula is C23H35N2O6P. The molecule has 0 amide bonds. The van der Waals surface area contributed by atoms with Crippen LogP contribution in [0.25, 0.3) is 0 Å². The summed E-state index contributed by atoms with van der Waals surface area (Å²) in [6.45, 7) is 11.5. The Bertz CT molecular complexity index is 904. The molecule has 0 saturated heterocycles. The van der Waals surface area contributed by atoms with E-state index >= 15 is 0 Å². The van der Waals surface area contributed by atoms with Gasteiger partial charge >= 0.3 is 5.97 Å². The van der Waals surface area contributed by atoms with Crippen molar-refractivity contribution in [2.75, 3.05) is 19.9 Å². The van der Waals surface area contributed by atoms with Gasteiger partial charge in [0.25, 0.3) is 0 Å². The zero-order valence-corrected chi connectivity index (χ0v) is 20.8. The van der Waals surface area contributed by atoms with Gasteiger partial charge in [0, 0.05) is 19.5 Å². The number of esters is 1. The Kier molecular flexibility index (Phi) is 9.47. The van der Waals surface area contributed by atoms with Crippen molar-refractivity contribution in [2.45, 2.75) is 71.6 Å². The van der Waals surface area contributed by atoms with E-state index < -0.39 is 24.6 Å². The van der Waals surface area contributed by atoms with Gasteiger partial charge in [-0.25, -0.2) is 0 Å². The van der Waals surface area contributed by atoms with Gasteiger partial charge in [-0.1, -0.05) is 30.6 Å². The van der Waals surface area contributed by atoms with Gasteiger partial charge in [-0.15, -0.1) is 0 Å². The van der Waals surface area contributed by atoms with E-state index in [9.17, 15) is 9.36 Å². The predicted octanol–water partition coefficient (Wildman–Crippen LogP) is 5.04. The van der Waals surface area contributed by atoms with Crippen LogP contribution in [0.2, 0.25) is 0 Å². The van der Waals surface area contributed by atoms with Crippen molar-refractivity contribution >= 4 is 13.3 Å². The van der Waals surface area contributed by atoms with Crippen molar-refractivity contribution in [3.05, 3.63) is 41.5 Å². The second-order valence-corrected chi connectivity index (χ2v) is 11.4. The molecule has 1 heterocycles. The first-order chi connectivity index (χ1) is 15.0.